The van der Waals surface area contributed by atoms with Crippen molar-refractivity contribution in [3.8, 4) is 0 Å². The molecule has 2 rings (SSSR count). The Morgan fingerprint density at radius 3 is 2.50 bits per heavy atom. The number of aryl methyl sites for hydroxylation is 1. The van der Waals surface area contributed by atoms with Crippen LogP contribution in [0.5, 0.6) is 0 Å². The van der Waals surface area contributed by atoms with Crippen LogP contribution in [-0.4, -0.2) is 20.9 Å². The zero-order valence-corrected chi connectivity index (χ0v) is 11.9. The highest BCUT2D eigenvalue weighted by molar-refractivity contribution is 5.81. The van der Waals surface area contributed by atoms with Crippen LogP contribution in [-0.2, 0) is 23.2 Å². The van der Waals surface area contributed by atoms with Crippen LogP contribution in [0.25, 0.3) is 0 Å². The number of hydrogen-bond acceptors (Lipinski definition) is 2. The first-order valence-corrected chi connectivity index (χ1v) is 6.92. The van der Waals surface area contributed by atoms with Gasteiger partial charge in [0.2, 0.25) is 0 Å². The molecule has 0 radical (unpaired) electrons. The van der Waals surface area contributed by atoms with Gasteiger partial charge in [-0.15, -0.1) is 0 Å². The van der Waals surface area contributed by atoms with Crippen molar-refractivity contribution >= 4 is 5.97 Å². The van der Waals surface area contributed by atoms with E-state index in [2.05, 4.69) is 5.10 Å². The lowest BCUT2D eigenvalue weighted by molar-refractivity contribution is -0.144. The van der Waals surface area contributed by atoms with Gasteiger partial charge in [-0.1, -0.05) is 37.3 Å². The van der Waals surface area contributed by atoms with Crippen molar-refractivity contribution < 1.29 is 9.90 Å². The molecule has 0 aliphatic carbocycles. The van der Waals surface area contributed by atoms with E-state index in [1.165, 1.54) is 0 Å². The number of rotatable bonds is 6. The Kier molecular flexibility index (Phi) is 4.23. The molecular weight excluding hydrogens is 252 g/mol. The van der Waals surface area contributed by atoms with Crippen LogP contribution in [0.15, 0.2) is 42.7 Å². The van der Waals surface area contributed by atoms with Crippen LogP contribution in [0.1, 0.15) is 31.4 Å². The fourth-order valence-corrected chi connectivity index (χ4v) is 2.56. The summed E-state index contributed by atoms with van der Waals surface area (Å²) in [7, 11) is 0. The van der Waals surface area contributed by atoms with E-state index < -0.39 is 11.4 Å². The maximum atomic E-state index is 11.9. The van der Waals surface area contributed by atoms with Gasteiger partial charge in [-0.05, 0) is 30.9 Å². The Balaban J connectivity index is 2.39. The van der Waals surface area contributed by atoms with Crippen molar-refractivity contribution in [2.75, 3.05) is 0 Å². The molecule has 0 aliphatic rings. The Hall–Kier alpha value is -2.10. The summed E-state index contributed by atoms with van der Waals surface area (Å²) in [6.07, 6.45) is 4.70. The molecule has 0 saturated heterocycles. The molecule has 4 nitrogen and oxygen atoms in total. The Labute approximate surface area is 119 Å². The number of carboxylic acids is 1. The predicted octanol–water partition coefficient (Wildman–Crippen LogP) is 2.88. The third-order valence-electron chi connectivity index (χ3n) is 3.86. The van der Waals surface area contributed by atoms with Gasteiger partial charge in [0.05, 0.1) is 11.6 Å². The summed E-state index contributed by atoms with van der Waals surface area (Å²) < 4.78 is 1.82. The molecule has 0 saturated carbocycles. The molecule has 1 unspecified atom stereocenters. The maximum Gasteiger partial charge on any atom is 0.314 e. The van der Waals surface area contributed by atoms with E-state index in [4.69, 9.17) is 0 Å². The van der Waals surface area contributed by atoms with Crippen molar-refractivity contribution in [3.63, 3.8) is 0 Å². The molecule has 1 atom stereocenters. The van der Waals surface area contributed by atoms with Gasteiger partial charge in [-0.25, -0.2) is 0 Å². The van der Waals surface area contributed by atoms with Gasteiger partial charge >= 0.3 is 5.97 Å². The van der Waals surface area contributed by atoms with Crippen molar-refractivity contribution in [2.45, 2.75) is 38.6 Å². The molecule has 0 fully saturated rings. The second-order valence-electron chi connectivity index (χ2n) is 4.99. The summed E-state index contributed by atoms with van der Waals surface area (Å²) >= 11 is 0. The van der Waals surface area contributed by atoms with Gasteiger partial charge in [-0.2, -0.15) is 5.10 Å². The van der Waals surface area contributed by atoms with Crippen molar-refractivity contribution in [3.05, 3.63) is 53.9 Å². The van der Waals surface area contributed by atoms with E-state index in [-0.39, 0.29) is 0 Å². The standard InChI is InChI=1S/C16H20N2O2/c1-3-16(15(19)20,14-8-6-5-7-9-14)10-13-11-17-18(4-2)12-13/h5-9,11-12H,3-4,10H2,1-2H3,(H,19,20). The monoisotopic (exact) mass is 272 g/mol. The van der Waals surface area contributed by atoms with Crippen molar-refractivity contribution in [1.29, 1.82) is 0 Å². The minimum absolute atomic E-state index is 0.461. The molecule has 20 heavy (non-hydrogen) atoms. The number of aromatic nitrogens is 2. The molecule has 1 aromatic carbocycles. The van der Waals surface area contributed by atoms with Gasteiger partial charge in [0, 0.05) is 12.7 Å². The molecule has 0 amide bonds. The van der Waals surface area contributed by atoms with Gasteiger partial charge in [0.25, 0.3) is 0 Å². The lowest BCUT2D eigenvalue weighted by atomic mass is 9.74. The van der Waals surface area contributed by atoms with Crippen LogP contribution in [0.4, 0.5) is 0 Å². The topological polar surface area (TPSA) is 55.1 Å². The summed E-state index contributed by atoms with van der Waals surface area (Å²) in [5, 5.41) is 14.0. The lowest BCUT2D eigenvalue weighted by Gasteiger charge is -2.28. The van der Waals surface area contributed by atoms with E-state index in [1.54, 1.807) is 6.20 Å². The molecule has 0 spiro atoms. The zero-order chi connectivity index (χ0) is 14.6. The van der Waals surface area contributed by atoms with Gasteiger partial charge in [0.1, 0.15) is 0 Å². The predicted molar refractivity (Wildman–Crippen MR) is 77.7 cm³/mol. The Morgan fingerprint density at radius 1 is 1.30 bits per heavy atom. The first-order chi connectivity index (χ1) is 9.62. The SMILES string of the molecule is CCn1cc(CC(CC)(C(=O)O)c2ccccc2)cn1. The number of benzene rings is 1. The average Bonchev–Trinajstić information content (AvgIpc) is 2.93. The molecule has 106 valence electrons. The molecule has 2 aromatic rings. The first kappa shape index (κ1) is 14.3. The van der Waals surface area contributed by atoms with E-state index in [0.29, 0.717) is 12.8 Å². The highest BCUT2D eigenvalue weighted by Crippen LogP contribution is 2.32. The fourth-order valence-electron chi connectivity index (χ4n) is 2.56. The number of carboxylic acid groups (broad SMARTS) is 1. The number of hydrogen-bond donors (Lipinski definition) is 1. The molecule has 1 N–H and O–H groups in total. The van der Waals surface area contributed by atoms with Gasteiger partial charge in [0.15, 0.2) is 0 Å². The average molecular weight is 272 g/mol. The van der Waals surface area contributed by atoms with Crippen LogP contribution in [0.3, 0.4) is 0 Å². The fraction of sp³-hybridized carbons (Fsp3) is 0.375. The van der Waals surface area contributed by atoms with Gasteiger partial charge in [-0.3, -0.25) is 9.48 Å². The van der Waals surface area contributed by atoms with Crippen molar-refractivity contribution in [1.82, 2.24) is 9.78 Å². The minimum Gasteiger partial charge on any atom is -0.481 e. The quantitative estimate of drug-likeness (QED) is 0.879. The molecule has 1 aromatic heterocycles. The Bertz CT molecular complexity index is 577. The van der Waals surface area contributed by atoms with E-state index in [9.17, 15) is 9.90 Å². The zero-order valence-electron chi connectivity index (χ0n) is 11.9. The smallest absolute Gasteiger partial charge is 0.314 e. The molecule has 1 heterocycles. The van der Waals surface area contributed by atoms with Gasteiger partial charge < -0.3 is 5.11 Å². The lowest BCUT2D eigenvalue weighted by Crippen LogP contribution is -2.37. The minimum atomic E-state index is -0.886. The molecule has 4 heteroatoms. The molecule has 0 bridgehead atoms. The Morgan fingerprint density at radius 2 is 2.00 bits per heavy atom. The van der Waals surface area contributed by atoms with Crippen LogP contribution >= 0.6 is 0 Å². The summed E-state index contributed by atoms with van der Waals surface area (Å²) in [5.41, 5.74) is 0.919. The summed E-state index contributed by atoms with van der Waals surface area (Å²) in [6, 6.07) is 9.46. The number of nitrogens with zero attached hydrogens (tertiary/aromatic N) is 2. The second-order valence-corrected chi connectivity index (χ2v) is 4.99. The highest BCUT2D eigenvalue weighted by Gasteiger charge is 2.38. The largest absolute Gasteiger partial charge is 0.481 e. The second kappa shape index (κ2) is 5.90. The summed E-state index contributed by atoms with van der Waals surface area (Å²) in [5.74, 6) is -0.782. The first-order valence-electron chi connectivity index (χ1n) is 6.92. The molecular formula is C16H20N2O2. The van der Waals surface area contributed by atoms with Crippen LogP contribution in [0.2, 0.25) is 0 Å². The number of carbonyl (C=O) groups is 1. The third-order valence-corrected chi connectivity index (χ3v) is 3.86. The maximum absolute atomic E-state index is 11.9. The summed E-state index contributed by atoms with van der Waals surface area (Å²) in [6.45, 7) is 4.72. The molecule has 0 aliphatic heterocycles. The normalized spacial score (nSPS) is 13.9. The van der Waals surface area contributed by atoms with Crippen LogP contribution in [0, 0.1) is 0 Å². The van der Waals surface area contributed by atoms with E-state index in [1.807, 2.05) is 55.1 Å². The van der Waals surface area contributed by atoms with E-state index in [0.717, 1.165) is 17.7 Å². The highest BCUT2D eigenvalue weighted by atomic mass is 16.4. The summed E-state index contributed by atoms with van der Waals surface area (Å²) in [4.78, 5) is 11.9. The number of aliphatic carboxylic acids is 1. The van der Waals surface area contributed by atoms with Crippen molar-refractivity contribution in [2.24, 2.45) is 0 Å². The van der Waals surface area contributed by atoms with Crippen LogP contribution < -0.4 is 0 Å². The third kappa shape index (κ3) is 2.59. The van der Waals surface area contributed by atoms with E-state index >= 15 is 0 Å².